The second kappa shape index (κ2) is 7.01. The lowest BCUT2D eigenvalue weighted by atomic mass is 10.4. The topological polar surface area (TPSA) is 64.2 Å². The highest BCUT2D eigenvalue weighted by Gasteiger charge is 2.16. The molecule has 0 aliphatic carbocycles. The summed E-state index contributed by atoms with van der Waals surface area (Å²) in [5.74, 6) is 1.70. The molecule has 0 bridgehead atoms. The standard InChI is InChI=1S/C15H16N4O2S2/c1-18(9-11-5-4-8-22-11)13(20)10-23-15-17-16-14(19(15)2)12-6-3-7-21-12/h3-8H,9-10H2,1-2H3. The van der Waals surface area contributed by atoms with E-state index in [-0.39, 0.29) is 5.91 Å². The van der Waals surface area contributed by atoms with Crippen LogP contribution in [0, 0.1) is 0 Å². The molecule has 23 heavy (non-hydrogen) atoms. The van der Waals surface area contributed by atoms with E-state index in [1.54, 1.807) is 28.6 Å². The van der Waals surface area contributed by atoms with Gasteiger partial charge in [-0.05, 0) is 23.6 Å². The zero-order valence-electron chi connectivity index (χ0n) is 12.8. The minimum absolute atomic E-state index is 0.0611. The Morgan fingerprint density at radius 2 is 2.26 bits per heavy atom. The van der Waals surface area contributed by atoms with Crippen molar-refractivity contribution >= 4 is 29.0 Å². The van der Waals surface area contributed by atoms with E-state index in [9.17, 15) is 4.79 Å². The number of aromatic nitrogens is 3. The summed E-state index contributed by atoms with van der Waals surface area (Å²) in [5.41, 5.74) is 0. The van der Waals surface area contributed by atoms with Crippen LogP contribution in [0.5, 0.6) is 0 Å². The molecule has 0 unspecified atom stereocenters. The third-order valence-electron chi connectivity index (χ3n) is 3.30. The highest BCUT2D eigenvalue weighted by atomic mass is 32.2. The van der Waals surface area contributed by atoms with Gasteiger partial charge in [0.1, 0.15) is 0 Å². The van der Waals surface area contributed by atoms with Gasteiger partial charge in [0.25, 0.3) is 0 Å². The van der Waals surface area contributed by atoms with Crippen molar-refractivity contribution in [2.45, 2.75) is 11.7 Å². The number of carbonyl (C=O) groups is 1. The average Bonchev–Trinajstić information content (AvgIpc) is 3.26. The van der Waals surface area contributed by atoms with Gasteiger partial charge >= 0.3 is 0 Å². The normalized spacial score (nSPS) is 10.9. The molecular weight excluding hydrogens is 332 g/mol. The first-order valence-electron chi connectivity index (χ1n) is 6.97. The molecule has 3 aromatic rings. The van der Waals surface area contributed by atoms with Crippen molar-refractivity contribution in [2.24, 2.45) is 7.05 Å². The van der Waals surface area contributed by atoms with Gasteiger partial charge in [0.15, 0.2) is 16.7 Å². The number of thiophene rings is 1. The second-order valence-corrected chi connectivity index (χ2v) is 6.94. The third-order valence-corrected chi connectivity index (χ3v) is 5.17. The molecule has 0 radical (unpaired) electrons. The lowest BCUT2D eigenvalue weighted by Gasteiger charge is -2.15. The monoisotopic (exact) mass is 348 g/mol. The molecule has 6 nitrogen and oxygen atoms in total. The number of thioether (sulfide) groups is 1. The number of rotatable bonds is 6. The van der Waals surface area contributed by atoms with Gasteiger partial charge in [-0.1, -0.05) is 17.8 Å². The molecular formula is C15H16N4O2S2. The summed E-state index contributed by atoms with van der Waals surface area (Å²) in [6.07, 6.45) is 1.60. The zero-order chi connectivity index (χ0) is 16.2. The summed E-state index contributed by atoms with van der Waals surface area (Å²) in [7, 11) is 3.67. The van der Waals surface area contributed by atoms with Crippen LogP contribution in [-0.4, -0.2) is 38.4 Å². The maximum absolute atomic E-state index is 12.2. The van der Waals surface area contributed by atoms with Crippen LogP contribution in [0.3, 0.4) is 0 Å². The third kappa shape index (κ3) is 3.65. The van der Waals surface area contributed by atoms with E-state index in [2.05, 4.69) is 10.2 Å². The molecule has 0 aliphatic rings. The van der Waals surface area contributed by atoms with Gasteiger partial charge in [0, 0.05) is 19.0 Å². The molecule has 0 atom stereocenters. The maximum atomic E-state index is 12.2. The predicted octanol–water partition coefficient (Wildman–Crippen LogP) is 2.89. The Morgan fingerprint density at radius 1 is 1.39 bits per heavy atom. The van der Waals surface area contributed by atoms with Crippen LogP contribution in [0.2, 0.25) is 0 Å². The van der Waals surface area contributed by atoms with E-state index in [0.29, 0.717) is 29.0 Å². The fourth-order valence-electron chi connectivity index (χ4n) is 2.02. The Bertz CT molecular complexity index is 766. The van der Waals surface area contributed by atoms with Crippen molar-refractivity contribution in [3.05, 3.63) is 40.8 Å². The first-order valence-corrected chi connectivity index (χ1v) is 8.84. The summed E-state index contributed by atoms with van der Waals surface area (Å²) in [5, 5.41) is 10.9. The van der Waals surface area contributed by atoms with Gasteiger partial charge in [-0.3, -0.25) is 4.79 Å². The summed E-state index contributed by atoms with van der Waals surface area (Å²) in [6, 6.07) is 7.65. The smallest absolute Gasteiger partial charge is 0.233 e. The van der Waals surface area contributed by atoms with Gasteiger partial charge in [-0.15, -0.1) is 21.5 Å². The Morgan fingerprint density at radius 3 is 2.96 bits per heavy atom. The molecule has 3 aromatic heterocycles. The molecule has 3 rings (SSSR count). The van der Waals surface area contributed by atoms with E-state index < -0.39 is 0 Å². The second-order valence-electron chi connectivity index (χ2n) is 4.96. The fraction of sp³-hybridized carbons (Fsp3) is 0.267. The van der Waals surface area contributed by atoms with E-state index in [0.717, 1.165) is 0 Å². The number of amides is 1. The van der Waals surface area contributed by atoms with Crippen LogP contribution in [-0.2, 0) is 18.4 Å². The maximum Gasteiger partial charge on any atom is 0.233 e. The van der Waals surface area contributed by atoms with Crippen LogP contribution in [0.1, 0.15) is 4.88 Å². The number of nitrogens with zero attached hydrogens (tertiary/aromatic N) is 4. The van der Waals surface area contributed by atoms with E-state index in [1.165, 1.54) is 16.6 Å². The van der Waals surface area contributed by atoms with E-state index >= 15 is 0 Å². The van der Waals surface area contributed by atoms with Gasteiger partial charge < -0.3 is 13.9 Å². The van der Waals surface area contributed by atoms with Crippen LogP contribution in [0.15, 0.2) is 45.5 Å². The molecule has 0 fully saturated rings. The minimum Gasteiger partial charge on any atom is -0.461 e. The van der Waals surface area contributed by atoms with Crippen LogP contribution in [0.25, 0.3) is 11.6 Å². The average molecular weight is 348 g/mol. The van der Waals surface area contributed by atoms with Gasteiger partial charge in [-0.25, -0.2) is 0 Å². The Kier molecular flexibility index (Phi) is 4.82. The molecule has 0 spiro atoms. The molecule has 0 aliphatic heterocycles. The Hall–Kier alpha value is -2.06. The van der Waals surface area contributed by atoms with Gasteiger partial charge in [-0.2, -0.15) is 0 Å². The quantitative estimate of drug-likeness (QED) is 0.641. The molecule has 8 heteroatoms. The highest BCUT2D eigenvalue weighted by molar-refractivity contribution is 7.99. The summed E-state index contributed by atoms with van der Waals surface area (Å²) >= 11 is 3.02. The predicted molar refractivity (Wildman–Crippen MR) is 90.2 cm³/mol. The summed E-state index contributed by atoms with van der Waals surface area (Å²) < 4.78 is 7.16. The minimum atomic E-state index is 0.0611. The van der Waals surface area contributed by atoms with Crippen LogP contribution >= 0.6 is 23.1 Å². The van der Waals surface area contributed by atoms with Gasteiger partial charge in [0.05, 0.1) is 18.6 Å². The van der Waals surface area contributed by atoms with Crippen molar-refractivity contribution in [3.63, 3.8) is 0 Å². The molecule has 0 aromatic carbocycles. The van der Waals surface area contributed by atoms with Crippen molar-refractivity contribution in [1.29, 1.82) is 0 Å². The first kappa shape index (κ1) is 15.8. The molecule has 0 N–H and O–H groups in total. The number of furan rings is 1. The molecule has 3 heterocycles. The van der Waals surface area contributed by atoms with Crippen molar-refractivity contribution in [3.8, 4) is 11.6 Å². The van der Waals surface area contributed by atoms with Crippen molar-refractivity contribution in [2.75, 3.05) is 12.8 Å². The van der Waals surface area contributed by atoms with E-state index in [4.69, 9.17) is 4.42 Å². The number of hydrogen-bond acceptors (Lipinski definition) is 6. The lowest BCUT2D eigenvalue weighted by molar-refractivity contribution is -0.127. The summed E-state index contributed by atoms with van der Waals surface area (Å²) in [4.78, 5) is 15.1. The van der Waals surface area contributed by atoms with Crippen molar-refractivity contribution < 1.29 is 9.21 Å². The SMILES string of the molecule is CN(Cc1cccs1)C(=O)CSc1nnc(-c2ccco2)n1C. The molecule has 1 amide bonds. The highest BCUT2D eigenvalue weighted by Crippen LogP contribution is 2.23. The Labute approximate surface area is 142 Å². The van der Waals surface area contributed by atoms with Crippen molar-refractivity contribution in [1.82, 2.24) is 19.7 Å². The first-order chi connectivity index (χ1) is 11.1. The fourth-order valence-corrected chi connectivity index (χ4v) is 3.63. The van der Waals surface area contributed by atoms with Gasteiger partial charge in [0.2, 0.25) is 5.91 Å². The lowest BCUT2D eigenvalue weighted by Crippen LogP contribution is -2.27. The zero-order valence-corrected chi connectivity index (χ0v) is 14.4. The van der Waals surface area contributed by atoms with Crippen LogP contribution in [0.4, 0.5) is 0 Å². The molecule has 0 saturated heterocycles. The Balaban J connectivity index is 1.59. The number of hydrogen-bond donors (Lipinski definition) is 0. The largest absolute Gasteiger partial charge is 0.461 e. The van der Waals surface area contributed by atoms with Crippen LogP contribution < -0.4 is 0 Å². The molecule has 120 valence electrons. The summed E-state index contributed by atoms with van der Waals surface area (Å²) in [6.45, 7) is 0.632. The molecule has 0 saturated carbocycles. The number of carbonyl (C=O) groups excluding carboxylic acids is 1. The van der Waals surface area contributed by atoms with E-state index in [1.807, 2.05) is 42.2 Å².